The van der Waals surface area contributed by atoms with Crippen molar-refractivity contribution in [3.63, 3.8) is 0 Å². The zero-order valence-electron chi connectivity index (χ0n) is 10.4. The molecular formula is C12H26N2. The topological polar surface area (TPSA) is 15.3 Å². The molecule has 1 atom stereocenters. The van der Waals surface area contributed by atoms with E-state index >= 15 is 0 Å². The highest BCUT2D eigenvalue weighted by Crippen LogP contribution is 2.03. The van der Waals surface area contributed by atoms with Crippen LogP contribution in [0.25, 0.3) is 0 Å². The van der Waals surface area contributed by atoms with Gasteiger partial charge in [-0.3, -0.25) is 0 Å². The fraction of sp³-hybridized carbons (Fsp3) is 0.833. The van der Waals surface area contributed by atoms with Gasteiger partial charge in [0.05, 0.1) is 0 Å². The van der Waals surface area contributed by atoms with E-state index in [4.69, 9.17) is 0 Å². The second-order valence-electron chi connectivity index (χ2n) is 4.77. The van der Waals surface area contributed by atoms with E-state index in [-0.39, 0.29) is 0 Å². The van der Waals surface area contributed by atoms with E-state index in [1.54, 1.807) is 0 Å². The lowest BCUT2D eigenvalue weighted by atomic mass is 10.0. The maximum absolute atomic E-state index is 3.91. The van der Waals surface area contributed by atoms with Crippen LogP contribution in [0.4, 0.5) is 0 Å². The minimum Gasteiger partial charge on any atom is -0.312 e. The maximum Gasteiger partial charge on any atom is 0.0217 e. The molecule has 1 N–H and O–H groups in total. The molecule has 2 nitrogen and oxygen atoms in total. The third-order valence-electron chi connectivity index (χ3n) is 2.32. The number of hydrogen-bond acceptors (Lipinski definition) is 2. The summed E-state index contributed by atoms with van der Waals surface area (Å²) in [6, 6.07) is 0.587. The van der Waals surface area contributed by atoms with Gasteiger partial charge in [0.25, 0.3) is 0 Å². The molecule has 0 aliphatic carbocycles. The summed E-state index contributed by atoms with van der Waals surface area (Å²) in [5.41, 5.74) is 1.25. The van der Waals surface area contributed by atoms with Crippen LogP contribution in [0, 0.1) is 5.92 Å². The zero-order valence-corrected chi connectivity index (χ0v) is 10.4. The van der Waals surface area contributed by atoms with Gasteiger partial charge in [0.15, 0.2) is 0 Å². The first-order valence-corrected chi connectivity index (χ1v) is 5.46. The van der Waals surface area contributed by atoms with Crippen LogP contribution in [0.5, 0.6) is 0 Å². The second kappa shape index (κ2) is 7.02. The van der Waals surface area contributed by atoms with Crippen LogP contribution >= 0.6 is 0 Å². The SMILES string of the molecule is C=C(C)CCNC(CN(C)C)C(C)C. The van der Waals surface area contributed by atoms with Crippen molar-refractivity contribution in [2.24, 2.45) is 5.92 Å². The lowest BCUT2D eigenvalue weighted by molar-refractivity contribution is 0.290. The van der Waals surface area contributed by atoms with Crippen molar-refractivity contribution in [3.05, 3.63) is 12.2 Å². The van der Waals surface area contributed by atoms with Crippen LogP contribution in [0.2, 0.25) is 0 Å². The van der Waals surface area contributed by atoms with Gasteiger partial charge in [-0.1, -0.05) is 19.4 Å². The van der Waals surface area contributed by atoms with Gasteiger partial charge >= 0.3 is 0 Å². The first-order valence-electron chi connectivity index (χ1n) is 5.46. The van der Waals surface area contributed by atoms with Crippen molar-refractivity contribution < 1.29 is 0 Å². The first kappa shape index (κ1) is 13.7. The largest absolute Gasteiger partial charge is 0.312 e. The van der Waals surface area contributed by atoms with Crippen molar-refractivity contribution in [1.29, 1.82) is 0 Å². The average Bonchev–Trinajstić information content (AvgIpc) is 2.00. The van der Waals surface area contributed by atoms with Crippen molar-refractivity contribution in [3.8, 4) is 0 Å². The van der Waals surface area contributed by atoms with Gasteiger partial charge in [-0.05, 0) is 39.9 Å². The van der Waals surface area contributed by atoms with Crippen LogP contribution in [-0.4, -0.2) is 38.1 Å². The molecule has 0 aromatic heterocycles. The number of nitrogens with zero attached hydrogens (tertiary/aromatic N) is 1. The van der Waals surface area contributed by atoms with Crippen LogP contribution in [0.15, 0.2) is 12.2 Å². The van der Waals surface area contributed by atoms with Gasteiger partial charge in [0.2, 0.25) is 0 Å². The fourth-order valence-electron chi connectivity index (χ4n) is 1.38. The van der Waals surface area contributed by atoms with E-state index in [0.29, 0.717) is 12.0 Å². The molecule has 0 amide bonds. The van der Waals surface area contributed by atoms with E-state index in [1.807, 2.05) is 0 Å². The molecule has 1 unspecified atom stereocenters. The average molecular weight is 198 g/mol. The number of likely N-dealkylation sites (N-methyl/N-ethyl adjacent to an activating group) is 1. The van der Waals surface area contributed by atoms with Crippen molar-refractivity contribution >= 4 is 0 Å². The van der Waals surface area contributed by atoms with E-state index in [9.17, 15) is 0 Å². The summed E-state index contributed by atoms with van der Waals surface area (Å²) < 4.78 is 0. The summed E-state index contributed by atoms with van der Waals surface area (Å²) in [6.45, 7) is 12.7. The summed E-state index contributed by atoms with van der Waals surface area (Å²) in [4.78, 5) is 2.23. The molecule has 0 saturated heterocycles. The lowest BCUT2D eigenvalue weighted by Gasteiger charge is -2.25. The van der Waals surface area contributed by atoms with Gasteiger partial charge in [-0.2, -0.15) is 0 Å². The Hall–Kier alpha value is -0.340. The molecule has 0 aromatic carbocycles. The fourth-order valence-corrected chi connectivity index (χ4v) is 1.38. The molecule has 0 bridgehead atoms. The van der Waals surface area contributed by atoms with Gasteiger partial charge < -0.3 is 10.2 Å². The third-order valence-corrected chi connectivity index (χ3v) is 2.32. The van der Waals surface area contributed by atoms with Gasteiger partial charge in [0.1, 0.15) is 0 Å². The van der Waals surface area contributed by atoms with Gasteiger partial charge in [-0.15, -0.1) is 6.58 Å². The minimum absolute atomic E-state index is 0.587. The zero-order chi connectivity index (χ0) is 11.1. The van der Waals surface area contributed by atoms with Crippen molar-refractivity contribution in [1.82, 2.24) is 10.2 Å². The molecule has 0 radical (unpaired) electrons. The molecule has 0 rings (SSSR count). The number of nitrogens with one attached hydrogen (secondary N) is 1. The molecule has 0 fully saturated rings. The van der Waals surface area contributed by atoms with Crippen LogP contribution in [0.3, 0.4) is 0 Å². The third kappa shape index (κ3) is 7.10. The highest BCUT2D eigenvalue weighted by Gasteiger charge is 2.12. The predicted molar refractivity (Wildman–Crippen MR) is 64.6 cm³/mol. The standard InChI is InChI=1S/C12H26N2/c1-10(2)7-8-13-12(11(3)4)9-14(5)6/h11-13H,1,7-9H2,2-6H3. The number of hydrogen-bond donors (Lipinski definition) is 1. The number of rotatable bonds is 7. The smallest absolute Gasteiger partial charge is 0.0217 e. The van der Waals surface area contributed by atoms with Crippen molar-refractivity contribution in [2.75, 3.05) is 27.2 Å². The normalized spacial score (nSPS) is 13.6. The Morgan fingerprint density at radius 3 is 2.29 bits per heavy atom. The quantitative estimate of drug-likeness (QED) is 0.630. The molecule has 2 heteroatoms. The molecular weight excluding hydrogens is 172 g/mol. The second-order valence-corrected chi connectivity index (χ2v) is 4.77. The Kier molecular flexibility index (Phi) is 6.85. The Morgan fingerprint density at radius 2 is 1.93 bits per heavy atom. The molecule has 0 aromatic rings. The molecule has 0 aliphatic heterocycles. The van der Waals surface area contributed by atoms with Crippen LogP contribution in [0.1, 0.15) is 27.2 Å². The highest BCUT2D eigenvalue weighted by atomic mass is 15.1. The van der Waals surface area contributed by atoms with Crippen LogP contribution < -0.4 is 5.32 Å². The first-order chi connectivity index (χ1) is 6.43. The highest BCUT2D eigenvalue weighted by molar-refractivity contribution is 4.89. The van der Waals surface area contributed by atoms with Crippen molar-refractivity contribution in [2.45, 2.75) is 33.2 Å². The van der Waals surface area contributed by atoms with E-state index in [0.717, 1.165) is 19.5 Å². The summed E-state index contributed by atoms with van der Waals surface area (Å²) in [5.74, 6) is 0.683. The molecule has 0 spiro atoms. The van der Waals surface area contributed by atoms with E-state index < -0.39 is 0 Å². The Balaban J connectivity index is 3.79. The Morgan fingerprint density at radius 1 is 1.36 bits per heavy atom. The minimum atomic E-state index is 0.587. The van der Waals surface area contributed by atoms with Crippen LogP contribution in [-0.2, 0) is 0 Å². The lowest BCUT2D eigenvalue weighted by Crippen LogP contribution is -2.42. The van der Waals surface area contributed by atoms with E-state index in [2.05, 4.69) is 51.7 Å². The molecule has 0 aliphatic rings. The molecule has 0 saturated carbocycles. The summed E-state index contributed by atoms with van der Waals surface area (Å²) in [6.07, 6.45) is 1.08. The molecule has 14 heavy (non-hydrogen) atoms. The Labute approximate surface area is 89.4 Å². The monoisotopic (exact) mass is 198 g/mol. The molecule has 84 valence electrons. The summed E-state index contributed by atoms with van der Waals surface area (Å²) in [5, 5.41) is 3.58. The summed E-state index contributed by atoms with van der Waals surface area (Å²) >= 11 is 0. The van der Waals surface area contributed by atoms with Gasteiger partial charge in [0, 0.05) is 12.6 Å². The maximum atomic E-state index is 3.91. The summed E-state index contributed by atoms with van der Waals surface area (Å²) in [7, 11) is 4.24. The predicted octanol–water partition coefficient (Wildman–Crippen LogP) is 2.13. The van der Waals surface area contributed by atoms with E-state index in [1.165, 1.54) is 5.57 Å². The molecule has 0 heterocycles. The Bertz CT molecular complexity index is 162. The van der Waals surface area contributed by atoms with Gasteiger partial charge in [-0.25, -0.2) is 0 Å².